The summed E-state index contributed by atoms with van der Waals surface area (Å²) in [5.74, 6) is -0.732. The van der Waals surface area contributed by atoms with Gasteiger partial charge in [0.15, 0.2) is 0 Å². The second kappa shape index (κ2) is 7.57. The van der Waals surface area contributed by atoms with Crippen molar-refractivity contribution in [3.05, 3.63) is 29.6 Å². The van der Waals surface area contributed by atoms with Crippen molar-refractivity contribution < 1.29 is 17.9 Å². The molecule has 0 spiro atoms. The highest BCUT2D eigenvalue weighted by atomic mass is 32.2. The zero-order chi connectivity index (χ0) is 17.9. The van der Waals surface area contributed by atoms with Crippen LogP contribution in [0.1, 0.15) is 25.8 Å². The van der Waals surface area contributed by atoms with E-state index in [-0.39, 0.29) is 16.5 Å². The van der Waals surface area contributed by atoms with Gasteiger partial charge in [-0.05, 0) is 31.5 Å². The number of β-amino-alcohol motifs (C(OH)–C–C–N with tert-alkyl or cyclic N) is 1. The average Bonchev–Trinajstić information content (AvgIpc) is 2.54. The number of halogens is 1. The molecule has 1 aliphatic rings. The van der Waals surface area contributed by atoms with Gasteiger partial charge in [0.25, 0.3) is 0 Å². The Balaban J connectivity index is 2.23. The van der Waals surface area contributed by atoms with Gasteiger partial charge in [-0.2, -0.15) is 9.57 Å². The van der Waals surface area contributed by atoms with E-state index >= 15 is 0 Å². The Hall–Kier alpha value is -1.53. The van der Waals surface area contributed by atoms with Crippen molar-refractivity contribution in [1.82, 2.24) is 9.21 Å². The molecule has 0 unspecified atom stereocenters. The van der Waals surface area contributed by atoms with Crippen LogP contribution < -0.4 is 0 Å². The summed E-state index contributed by atoms with van der Waals surface area (Å²) < 4.78 is 40.4. The molecule has 6 nitrogen and oxygen atoms in total. The van der Waals surface area contributed by atoms with Crippen LogP contribution in [0.5, 0.6) is 0 Å². The lowest BCUT2D eigenvalue weighted by Crippen LogP contribution is -2.55. The fourth-order valence-corrected chi connectivity index (χ4v) is 4.44. The number of nitrogens with zero attached hydrogens (tertiary/aromatic N) is 3. The molecule has 1 N–H and O–H groups in total. The number of hydrogen-bond acceptors (Lipinski definition) is 5. The van der Waals surface area contributed by atoms with Gasteiger partial charge in [-0.25, -0.2) is 12.8 Å². The predicted octanol–water partition coefficient (Wildman–Crippen LogP) is 1.16. The molecule has 8 heteroatoms. The highest BCUT2D eigenvalue weighted by Gasteiger charge is 2.34. The minimum atomic E-state index is -3.78. The third-order valence-electron chi connectivity index (χ3n) is 4.23. The largest absolute Gasteiger partial charge is 0.392 e. The summed E-state index contributed by atoms with van der Waals surface area (Å²) in [6.07, 6.45) is 0.281. The van der Waals surface area contributed by atoms with Gasteiger partial charge < -0.3 is 5.11 Å². The Morgan fingerprint density at radius 3 is 2.75 bits per heavy atom. The van der Waals surface area contributed by atoms with Gasteiger partial charge in [-0.15, -0.1) is 0 Å². The maximum Gasteiger partial charge on any atom is 0.243 e. The van der Waals surface area contributed by atoms with Crippen molar-refractivity contribution in [3.8, 4) is 6.07 Å². The summed E-state index contributed by atoms with van der Waals surface area (Å²) in [6.45, 7) is 5.31. The van der Waals surface area contributed by atoms with Gasteiger partial charge >= 0.3 is 0 Å². The Kier molecular flexibility index (Phi) is 5.93. The van der Waals surface area contributed by atoms with Gasteiger partial charge in [0, 0.05) is 32.2 Å². The van der Waals surface area contributed by atoms with Crippen LogP contribution in [0.4, 0.5) is 4.39 Å². The van der Waals surface area contributed by atoms with Gasteiger partial charge in [0.05, 0.1) is 16.6 Å². The Morgan fingerprint density at radius 2 is 2.17 bits per heavy atom. The standard InChI is InChI=1S/C16H22FN3O3S/c1-3-14-11-20(7-6-19(14)10-12(2)21)24(22,23)15-4-5-16(17)13(8-15)9-18/h4-5,8,12,14,21H,3,6-7,10-11H2,1-2H3/t12-,14+/m1/s1. The zero-order valence-electron chi connectivity index (χ0n) is 13.8. The zero-order valence-corrected chi connectivity index (χ0v) is 14.6. The molecule has 0 radical (unpaired) electrons. The summed E-state index contributed by atoms with van der Waals surface area (Å²) in [6, 6.07) is 4.95. The first-order valence-electron chi connectivity index (χ1n) is 7.91. The molecule has 0 saturated carbocycles. The second-order valence-electron chi connectivity index (χ2n) is 6.02. The van der Waals surface area contributed by atoms with Crippen LogP contribution in [0.2, 0.25) is 0 Å². The lowest BCUT2D eigenvalue weighted by atomic mass is 10.1. The van der Waals surface area contributed by atoms with Crippen LogP contribution in [0.15, 0.2) is 23.1 Å². The lowest BCUT2D eigenvalue weighted by Gasteiger charge is -2.41. The van der Waals surface area contributed by atoms with E-state index in [4.69, 9.17) is 5.26 Å². The van der Waals surface area contributed by atoms with Gasteiger partial charge in [-0.1, -0.05) is 6.92 Å². The SMILES string of the molecule is CC[C@H]1CN(S(=O)(=O)c2ccc(F)c(C#N)c2)CCN1C[C@@H](C)O. The molecule has 1 aliphatic heterocycles. The highest BCUT2D eigenvalue weighted by molar-refractivity contribution is 7.89. The highest BCUT2D eigenvalue weighted by Crippen LogP contribution is 2.23. The van der Waals surface area contributed by atoms with E-state index in [9.17, 15) is 17.9 Å². The molecule has 1 aromatic rings. The van der Waals surface area contributed by atoms with Crippen molar-refractivity contribution in [1.29, 1.82) is 5.26 Å². The van der Waals surface area contributed by atoms with Crippen molar-refractivity contribution in [3.63, 3.8) is 0 Å². The number of piperazine rings is 1. The maximum absolute atomic E-state index is 13.4. The van der Waals surface area contributed by atoms with Crippen LogP contribution in [0.3, 0.4) is 0 Å². The molecule has 0 amide bonds. The Bertz CT molecular complexity index is 731. The Morgan fingerprint density at radius 1 is 1.46 bits per heavy atom. The molecule has 1 aromatic carbocycles. The first kappa shape index (κ1) is 18.8. The third-order valence-corrected chi connectivity index (χ3v) is 6.09. The predicted molar refractivity (Wildman–Crippen MR) is 87.2 cm³/mol. The van der Waals surface area contributed by atoms with E-state index in [2.05, 4.69) is 4.90 Å². The monoisotopic (exact) mass is 355 g/mol. The molecule has 2 rings (SSSR count). The number of aliphatic hydroxyl groups excluding tert-OH is 1. The lowest BCUT2D eigenvalue weighted by molar-refractivity contribution is 0.0613. The number of sulfonamides is 1. The van der Waals surface area contributed by atoms with Crippen molar-refractivity contribution >= 4 is 10.0 Å². The summed E-state index contributed by atoms with van der Waals surface area (Å²) in [4.78, 5) is 2.02. The van der Waals surface area contributed by atoms with E-state index in [0.29, 0.717) is 26.2 Å². The number of aliphatic hydroxyl groups is 1. The van der Waals surface area contributed by atoms with E-state index < -0.39 is 21.9 Å². The number of nitriles is 1. The summed E-state index contributed by atoms with van der Waals surface area (Å²) in [5.41, 5.74) is -0.282. The Labute approximate surface area is 142 Å². The van der Waals surface area contributed by atoms with E-state index in [1.165, 1.54) is 10.4 Å². The van der Waals surface area contributed by atoms with E-state index in [0.717, 1.165) is 18.6 Å². The van der Waals surface area contributed by atoms with Gasteiger partial charge in [0.2, 0.25) is 10.0 Å². The first-order chi connectivity index (χ1) is 11.3. The molecule has 1 saturated heterocycles. The van der Waals surface area contributed by atoms with Crippen molar-refractivity contribution in [2.24, 2.45) is 0 Å². The fourth-order valence-electron chi connectivity index (χ4n) is 2.95. The fraction of sp³-hybridized carbons (Fsp3) is 0.562. The van der Waals surface area contributed by atoms with Crippen LogP contribution in [0.25, 0.3) is 0 Å². The topological polar surface area (TPSA) is 84.6 Å². The third kappa shape index (κ3) is 3.92. The van der Waals surface area contributed by atoms with Crippen molar-refractivity contribution in [2.45, 2.75) is 37.3 Å². The van der Waals surface area contributed by atoms with Gasteiger partial charge in [0.1, 0.15) is 11.9 Å². The molecular weight excluding hydrogens is 333 g/mol. The normalized spacial score (nSPS) is 21.4. The maximum atomic E-state index is 13.4. The number of benzene rings is 1. The van der Waals surface area contributed by atoms with E-state index in [1.54, 1.807) is 13.0 Å². The van der Waals surface area contributed by atoms with Gasteiger partial charge in [-0.3, -0.25) is 4.90 Å². The molecule has 1 fully saturated rings. The van der Waals surface area contributed by atoms with Crippen LogP contribution in [0, 0.1) is 17.1 Å². The van der Waals surface area contributed by atoms with Crippen LogP contribution >= 0.6 is 0 Å². The smallest absolute Gasteiger partial charge is 0.243 e. The molecule has 132 valence electrons. The number of rotatable bonds is 5. The molecule has 1 heterocycles. The molecule has 0 bridgehead atoms. The molecule has 0 aliphatic carbocycles. The minimum absolute atomic E-state index is 0.0130. The average molecular weight is 355 g/mol. The van der Waals surface area contributed by atoms with Crippen LogP contribution in [-0.4, -0.2) is 61.1 Å². The summed E-state index contributed by atoms with van der Waals surface area (Å²) in [7, 11) is -3.78. The molecular formula is C16H22FN3O3S. The second-order valence-corrected chi connectivity index (χ2v) is 7.96. The summed E-state index contributed by atoms with van der Waals surface area (Å²) >= 11 is 0. The van der Waals surface area contributed by atoms with Crippen molar-refractivity contribution in [2.75, 3.05) is 26.2 Å². The first-order valence-corrected chi connectivity index (χ1v) is 9.35. The molecule has 0 aromatic heterocycles. The summed E-state index contributed by atoms with van der Waals surface area (Å²) in [5, 5.41) is 18.5. The quantitative estimate of drug-likeness (QED) is 0.857. The van der Waals surface area contributed by atoms with Crippen LogP contribution in [-0.2, 0) is 10.0 Å². The minimum Gasteiger partial charge on any atom is -0.392 e. The van der Waals surface area contributed by atoms with E-state index in [1.807, 2.05) is 6.92 Å². The molecule has 2 atom stereocenters. The number of hydrogen-bond donors (Lipinski definition) is 1. The molecule has 24 heavy (non-hydrogen) atoms.